The summed E-state index contributed by atoms with van der Waals surface area (Å²) in [5.74, 6) is -0.895. The number of fused-ring (bicyclic) bond motifs is 1. The monoisotopic (exact) mass is 480 g/mol. The molecule has 8 nitrogen and oxygen atoms in total. The summed E-state index contributed by atoms with van der Waals surface area (Å²) in [7, 11) is 0. The van der Waals surface area contributed by atoms with Gasteiger partial charge in [-0.3, -0.25) is 19.3 Å². The quantitative estimate of drug-likeness (QED) is 0.586. The maximum absolute atomic E-state index is 13.0. The number of carbonyl (C=O) groups is 3. The Morgan fingerprint density at radius 2 is 1.91 bits per heavy atom. The van der Waals surface area contributed by atoms with Crippen LogP contribution in [0.5, 0.6) is 0 Å². The van der Waals surface area contributed by atoms with Crippen molar-refractivity contribution in [3.05, 3.63) is 75.4 Å². The number of para-hydroxylation sites is 2. The fourth-order valence-electron chi connectivity index (χ4n) is 3.62. The zero-order chi connectivity index (χ0) is 22.9. The number of hydrogen-bond donors (Lipinski definition) is 2. The SMILES string of the molecule is O=C1CN(C(=O)c2ccc(NC(=O)C3CC(c4ccc(Cl)s4)=NO3)cc2)c2ccccc2N1. The van der Waals surface area contributed by atoms with Crippen LogP contribution in [0.3, 0.4) is 0 Å². The Labute approximate surface area is 197 Å². The largest absolute Gasteiger partial charge is 0.382 e. The van der Waals surface area contributed by atoms with Gasteiger partial charge in [0.05, 0.1) is 20.6 Å². The Bertz CT molecular complexity index is 1290. The number of benzene rings is 2. The first-order chi connectivity index (χ1) is 16.0. The number of halogens is 1. The molecule has 2 N–H and O–H groups in total. The molecule has 1 atom stereocenters. The predicted molar refractivity (Wildman–Crippen MR) is 127 cm³/mol. The van der Waals surface area contributed by atoms with E-state index in [2.05, 4.69) is 15.8 Å². The van der Waals surface area contributed by atoms with E-state index >= 15 is 0 Å². The Kier molecular flexibility index (Phi) is 5.57. The van der Waals surface area contributed by atoms with Crippen LogP contribution >= 0.6 is 22.9 Å². The number of amides is 3. The lowest BCUT2D eigenvalue weighted by Gasteiger charge is -2.29. The lowest BCUT2D eigenvalue weighted by atomic mass is 10.1. The molecule has 3 amide bonds. The molecule has 2 aliphatic rings. The second kappa shape index (κ2) is 8.68. The van der Waals surface area contributed by atoms with E-state index in [-0.39, 0.29) is 24.3 Å². The Morgan fingerprint density at radius 3 is 2.67 bits per heavy atom. The summed E-state index contributed by atoms with van der Waals surface area (Å²) in [5, 5.41) is 9.54. The van der Waals surface area contributed by atoms with Gasteiger partial charge in [-0.1, -0.05) is 28.9 Å². The second-order valence-electron chi connectivity index (χ2n) is 7.46. The highest BCUT2D eigenvalue weighted by Gasteiger charge is 2.30. The number of thiophene rings is 1. The van der Waals surface area contributed by atoms with Gasteiger partial charge in [0.15, 0.2) is 0 Å². The lowest BCUT2D eigenvalue weighted by Crippen LogP contribution is -2.42. The van der Waals surface area contributed by atoms with Gasteiger partial charge in [-0.15, -0.1) is 11.3 Å². The molecule has 10 heteroatoms. The molecule has 0 fully saturated rings. The highest BCUT2D eigenvalue weighted by molar-refractivity contribution is 7.18. The molecule has 2 aliphatic heterocycles. The van der Waals surface area contributed by atoms with Crippen molar-refractivity contribution in [1.29, 1.82) is 0 Å². The zero-order valence-corrected chi connectivity index (χ0v) is 18.7. The summed E-state index contributed by atoms with van der Waals surface area (Å²) >= 11 is 7.34. The van der Waals surface area contributed by atoms with Gasteiger partial charge in [-0.25, -0.2) is 0 Å². The van der Waals surface area contributed by atoms with Gasteiger partial charge >= 0.3 is 0 Å². The van der Waals surface area contributed by atoms with Crippen molar-refractivity contribution >= 4 is 63.4 Å². The smallest absolute Gasteiger partial charge is 0.268 e. The van der Waals surface area contributed by atoms with E-state index in [0.717, 1.165) is 4.88 Å². The third-order valence-corrected chi connectivity index (χ3v) is 6.51. The minimum absolute atomic E-state index is 0.0643. The summed E-state index contributed by atoms with van der Waals surface area (Å²) in [6.45, 7) is -0.0643. The number of nitrogens with one attached hydrogen (secondary N) is 2. The fourth-order valence-corrected chi connectivity index (χ4v) is 4.66. The molecule has 0 saturated carbocycles. The molecular formula is C23H17ClN4O4S. The van der Waals surface area contributed by atoms with Crippen LogP contribution in [-0.4, -0.2) is 36.1 Å². The summed E-state index contributed by atoms with van der Waals surface area (Å²) in [5.41, 5.74) is 2.83. The van der Waals surface area contributed by atoms with Gasteiger partial charge in [-0.05, 0) is 48.5 Å². The summed E-state index contributed by atoms with van der Waals surface area (Å²) in [4.78, 5) is 45.2. The molecule has 166 valence electrons. The van der Waals surface area contributed by atoms with Crippen molar-refractivity contribution in [3.63, 3.8) is 0 Å². The van der Waals surface area contributed by atoms with Crippen molar-refractivity contribution in [3.8, 4) is 0 Å². The van der Waals surface area contributed by atoms with Crippen LogP contribution in [0.4, 0.5) is 17.1 Å². The third kappa shape index (κ3) is 4.33. The first-order valence-electron chi connectivity index (χ1n) is 10.1. The van der Waals surface area contributed by atoms with E-state index < -0.39 is 6.10 Å². The first-order valence-corrected chi connectivity index (χ1v) is 11.3. The molecule has 0 bridgehead atoms. The Balaban J connectivity index is 1.24. The molecule has 0 saturated heterocycles. The molecule has 2 aromatic carbocycles. The van der Waals surface area contributed by atoms with Gasteiger partial charge in [-0.2, -0.15) is 0 Å². The fraction of sp³-hybridized carbons (Fsp3) is 0.130. The van der Waals surface area contributed by atoms with Gasteiger partial charge in [0.1, 0.15) is 12.3 Å². The highest BCUT2D eigenvalue weighted by atomic mass is 35.5. The van der Waals surface area contributed by atoms with Crippen LogP contribution < -0.4 is 15.5 Å². The van der Waals surface area contributed by atoms with Crippen LogP contribution in [0.2, 0.25) is 4.34 Å². The van der Waals surface area contributed by atoms with Crippen molar-refractivity contribution in [2.75, 3.05) is 22.1 Å². The molecule has 0 aliphatic carbocycles. The summed E-state index contributed by atoms with van der Waals surface area (Å²) in [6.07, 6.45) is -0.402. The number of oxime groups is 1. The van der Waals surface area contributed by atoms with E-state index in [0.29, 0.717) is 39.1 Å². The molecule has 1 unspecified atom stereocenters. The van der Waals surface area contributed by atoms with Gasteiger partial charge < -0.3 is 15.5 Å². The number of nitrogens with zero attached hydrogens (tertiary/aromatic N) is 2. The Morgan fingerprint density at radius 1 is 1.12 bits per heavy atom. The van der Waals surface area contributed by atoms with E-state index in [4.69, 9.17) is 16.4 Å². The van der Waals surface area contributed by atoms with Crippen molar-refractivity contribution in [2.45, 2.75) is 12.5 Å². The highest BCUT2D eigenvalue weighted by Crippen LogP contribution is 2.30. The number of rotatable bonds is 4. The average Bonchev–Trinajstić information content (AvgIpc) is 3.48. The van der Waals surface area contributed by atoms with Gasteiger partial charge in [0.2, 0.25) is 12.0 Å². The molecule has 3 heterocycles. The maximum atomic E-state index is 13.0. The molecule has 1 aromatic heterocycles. The number of anilines is 3. The van der Waals surface area contributed by atoms with Gasteiger partial charge in [0.25, 0.3) is 11.8 Å². The topological polar surface area (TPSA) is 100 Å². The third-order valence-electron chi connectivity index (χ3n) is 5.23. The number of carbonyl (C=O) groups excluding carboxylic acids is 3. The van der Waals surface area contributed by atoms with Crippen LogP contribution in [0.25, 0.3) is 0 Å². The van der Waals surface area contributed by atoms with Crippen LogP contribution in [0.1, 0.15) is 21.7 Å². The predicted octanol–water partition coefficient (Wildman–Crippen LogP) is 4.13. The average molecular weight is 481 g/mol. The summed E-state index contributed by atoms with van der Waals surface area (Å²) < 4.78 is 0.643. The van der Waals surface area contributed by atoms with Crippen molar-refractivity contribution < 1.29 is 19.2 Å². The molecule has 0 radical (unpaired) electrons. The van der Waals surface area contributed by atoms with Crippen molar-refractivity contribution in [1.82, 2.24) is 0 Å². The number of hydrogen-bond acceptors (Lipinski definition) is 6. The van der Waals surface area contributed by atoms with Crippen LogP contribution in [0, 0.1) is 0 Å². The van der Waals surface area contributed by atoms with E-state index in [9.17, 15) is 14.4 Å². The standard InChI is InChI=1S/C23H17ClN4O4S/c24-20-10-9-19(33-20)16-11-18(32-27-16)22(30)25-14-7-5-13(6-8-14)23(31)28-12-21(29)26-15-3-1-2-4-17(15)28/h1-10,18H,11-12H2,(H,25,30)(H,26,29). The molecule has 0 spiro atoms. The molecular weight excluding hydrogens is 464 g/mol. The second-order valence-corrected chi connectivity index (χ2v) is 9.18. The molecule has 33 heavy (non-hydrogen) atoms. The Hall–Kier alpha value is -3.69. The maximum Gasteiger partial charge on any atom is 0.268 e. The first kappa shape index (κ1) is 21.2. The van der Waals surface area contributed by atoms with Crippen LogP contribution in [-0.2, 0) is 14.4 Å². The normalized spacial score (nSPS) is 17.0. The van der Waals surface area contributed by atoms with E-state index in [1.807, 2.05) is 12.1 Å². The van der Waals surface area contributed by atoms with E-state index in [1.165, 1.54) is 16.2 Å². The van der Waals surface area contributed by atoms with E-state index in [1.54, 1.807) is 48.5 Å². The lowest BCUT2D eigenvalue weighted by molar-refractivity contribution is -0.125. The summed E-state index contributed by atoms with van der Waals surface area (Å²) in [6, 6.07) is 17.2. The van der Waals surface area contributed by atoms with Crippen molar-refractivity contribution in [2.24, 2.45) is 5.16 Å². The minimum Gasteiger partial charge on any atom is -0.382 e. The zero-order valence-electron chi connectivity index (χ0n) is 17.1. The molecule has 3 aromatic rings. The van der Waals surface area contributed by atoms with Gasteiger partial charge in [0, 0.05) is 17.7 Å². The molecule has 5 rings (SSSR count). The van der Waals surface area contributed by atoms with Crippen LogP contribution in [0.15, 0.2) is 65.8 Å². The minimum atomic E-state index is -0.745.